The van der Waals surface area contributed by atoms with Crippen LogP contribution >= 0.6 is 27.3 Å². The summed E-state index contributed by atoms with van der Waals surface area (Å²) in [5.41, 5.74) is 0. The molecule has 0 aromatic carbocycles. The molecule has 1 aliphatic carbocycles. The zero-order valence-corrected chi connectivity index (χ0v) is 7.83. The van der Waals surface area contributed by atoms with Gasteiger partial charge < -0.3 is 0 Å². The van der Waals surface area contributed by atoms with Crippen LogP contribution in [0.15, 0.2) is 11.4 Å². The standard InChI is InChI=1S/C8H7BrS/c9-7-3-1-2-6-4-5-10-8(6)7/h2,4-5H,1,3H2. The lowest BCUT2D eigenvalue weighted by molar-refractivity contribution is 1.12. The maximum atomic E-state index is 3.57. The summed E-state index contributed by atoms with van der Waals surface area (Å²) in [6.07, 6.45) is 4.66. The highest BCUT2D eigenvalue weighted by molar-refractivity contribution is 9.14. The van der Waals surface area contributed by atoms with Gasteiger partial charge in [0.05, 0.1) is 0 Å². The quantitative estimate of drug-likeness (QED) is 0.619. The van der Waals surface area contributed by atoms with E-state index in [9.17, 15) is 0 Å². The first-order valence-electron chi connectivity index (χ1n) is 3.30. The smallest absolute Gasteiger partial charge is 0.0440 e. The van der Waals surface area contributed by atoms with Gasteiger partial charge in [-0.05, 0) is 29.5 Å². The van der Waals surface area contributed by atoms with Crippen molar-refractivity contribution in [3.63, 3.8) is 0 Å². The summed E-state index contributed by atoms with van der Waals surface area (Å²) in [6.45, 7) is 0. The topological polar surface area (TPSA) is 0 Å². The average molecular weight is 215 g/mol. The Kier molecular flexibility index (Phi) is 1.66. The van der Waals surface area contributed by atoms with Crippen molar-refractivity contribution in [2.45, 2.75) is 12.8 Å². The zero-order valence-electron chi connectivity index (χ0n) is 5.43. The highest BCUT2D eigenvalue weighted by atomic mass is 79.9. The molecule has 0 bridgehead atoms. The van der Waals surface area contributed by atoms with Crippen molar-refractivity contribution in [3.05, 3.63) is 21.2 Å². The molecule has 1 aromatic heterocycles. The molecule has 10 heavy (non-hydrogen) atoms. The third kappa shape index (κ3) is 0.956. The molecule has 2 rings (SSSR count). The molecule has 0 saturated heterocycles. The van der Waals surface area contributed by atoms with Crippen molar-refractivity contribution in [1.82, 2.24) is 0 Å². The normalized spacial score (nSPS) is 16.3. The summed E-state index contributed by atoms with van der Waals surface area (Å²) in [6, 6.07) is 2.18. The molecule has 0 fully saturated rings. The second kappa shape index (κ2) is 2.51. The number of hydrogen-bond donors (Lipinski definition) is 0. The monoisotopic (exact) mass is 214 g/mol. The van der Waals surface area contributed by atoms with Crippen LogP contribution in [-0.2, 0) is 0 Å². The van der Waals surface area contributed by atoms with Crippen molar-refractivity contribution >= 4 is 37.8 Å². The van der Waals surface area contributed by atoms with E-state index >= 15 is 0 Å². The van der Waals surface area contributed by atoms with Crippen molar-refractivity contribution in [3.8, 4) is 0 Å². The van der Waals surface area contributed by atoms with Crippen molar-refractivity contribution in [2.24, 2.45) is 0 Å². The summed E-state index contributed by atoms with van der Waals surface area (Å²) >= 11 is 5.39. The lowest BCUT2D eigenvalue weighted by Crippen LogP contribution is -2.21. The first kappa shape index (κ1) is 6.62. The van der Waals surface area contributed by atoms with E-state index in [1.165, 1.54) is 27.1 Å². The van der Waals surface area contributed by atoms with Gasteiger partial charge in [-0.3, -0.25) is 0 Å². The predicted molar refractivity (Wildman–Crippen MR) is 49.6 cm³/mol. The van der Waals surface area contributed by atoms with Gasteiger partial charge in [0, 0.05) is 9.01 Å². The highest BCUT2D eigenvalue weighted by Gasteiger charge is 2.00. The van der Waals surface area contributed by atoms with Gasteiger partial charge in [-0.25, -0.2) is 0 Å². The fourth-order valence-electron chi connectivity index (χ4n) is 1.17. The fraction of sp³-hybridized carbons (Fsp3) is 0.250. The molecule has 0 saturated carbocycles. The number of halogens is 1. The van der Waals surface area contributed by atoms with Gasteiger partial charge in [0.15, 0.2) is 0 Å². The second-order valence-electron chi connectivity index (χ2n) is 2.35. The molecule has 1 aromatic rings. The molecule has 0 aliphatic heterocycles. The third-order valence-electron chi connectivity index (χ3n) is 1.67. The maximum absolute atomic E-state index is 3.57. The van der Waals surface area contributed by atoms with Crippen LogP contribution in [0.4, 0.5) is 0 Å². The Balaban J connectivity index is 2.91. The number of thiophene rings is 1. The van der Waals surface area contributed by atoms with Crippen molar-refractivity contribution in [2.75, 3.05) is 0 Å². The second-order valence-corrected chi connectivity index (χ2v) is 4.23. The largest absolute Gasteiger partial charge is 0.143 e. The molecule has 0 N–H and O–H groups in total. The van der Waals surface area contributed by atoms with E-state index in [1.54, 1.807) is 0 Å². The summed E-state index contributed by atoms with van der Waals surface area (Å²) in [4.78, 5) is 0. The Bertz CT molecular complexity index is 348. The number of fused-ring (bicyclic) bond motifs is 1. The molecule has 1 heterocycles. The molecule has 0 atom stereocenters. The molecule has 1 aliphatic rings. The molecule has 0 unspecified atom stereocenters. The molecule has 52 valence electrons. The van der Waals surface area contributed by atoms with Crippen LogP contribution in [0.2, 0.25) is 0 Å². The van der Waals surface area contributed by atoms with Gasteiger partial charge in [-0.2, -0.15) is 0 Å². The summed E-state index contributed by atoms with van der Waals surface area (Å²) in [7, 11) is 0. The van der Waals surface area contributed by atoms with E-state index in [1.807, 2.05) is 11.3 Å². The molecular formula is C8H7BrS. The molecule has 0 radical (unpaired) electrons. The zero-order chi connectivity index (χ0) is 6.97. The van der Waals surface area contributed by atoms with E-state index in [0.29, 0.717) is 0 Å². The minimum absolute atomic E-state index is 1.17. The Morgan fingerprint density at radius 3 is 3.20 bits per heavy atom. The van der Waals surface area contributed by atoms with Crippen LogP contribution in [0.3, 0.4) is 0 Å². The molecule has 2 heteroatoms. The minimum Gasteiger partial charge on any atom is -0.143 e. The van der Waals surface area contributed by atoms with Crippen LogP contribution in [0.1, 0.15) is 12.8 Å². The first-order valence-corrected chi connectivity index (χ1v) is 4.97. The summed E-state index contributed by atoms with van der Waals surface area (Å²) < 4.78 is 2.80. The van der Waals surface area contributed by atoms with Crippen LogP contribution in [0.25, 0.3) is 10.6 Å². The molecule has 0 spiro atoms. The van der Waals surface area contributed by atoms with Gasteiger partial charge in [-0.15, -0.1) is 11.3 Å². The average Bonchev–Trinajstić information content (AvgIpc) is 2.36. The summed E-state index contributed by atoms with van der Waals surface area (Å²) in [5, 5.41) is 3.55. The predicted octanol–water partition coefficient (Wildman–Crippen LogP) is 1.83. The third-order valence-corrected chi connectivity index (χ3v) is 3.72. The SMILES string of the molecule is BrC1=c2sccc2=CCC1. The molecular weight excluding hydrogens is 208 g/mol. The number of hydrogen-bond acceptors (Lipinski definition) is 1. The summed E-state index contributed by atoms with van der Waals surface area (Å²) in [5.74, 6) is 0. The lowest BCUT2D eigenvalue weighted by atomic mass is 10.2. The van der Waals surface area contributed by atoms with Gasteiger partial charge in [0.1, 0.15) is 0 Å². The van der Waals surface area contributed by atoms with E-state index in [4.69, 9.17) is 0 Å². The Labute approximate surface area is 72.0 Å². The van der Waals surface area contributed by atoms with Gasteiger partial charge in [0.25, 0.3) is 0 Å². The van der Waals surface area contributed by atoms with Crippen LogP contribution in [-0.4, -0.2) is 0 Å². The van der Waals surface area contributed by atoms with Gasteiger partial charge in [-0.1, -0.05) is 22.0 Å². The Hall–Kier alpha value is -0.0800. The van der Waals surface area contributed by atoms with Gasteiger partial charge >= 0.3 is 0 Å². The highest BCUT2D eigenvalue weighted by Crippen LogP contribution is 2.15. The van der Waals surface area contributed by atoms with Crippen LogP contribution < -0.4 is 9.75 Å². The number of rotatable bonds is 0. The lowest BCUT2D eigenvalue weighted by Gasteiger charge is -1.98. The molecule has 0 nitrogen and oxygen atoms in total. The van der Waals surface area contributed by atoms with Crippen molar-refractivity contribution in [1.29, 1.82) is 0 Å². The molecule has 0 amide bonds. The Morgan fingerprint density at radius 2 is 2.40 bits per heavy atom. The van der Waals surface area contributed by atoms with E-state index in [-0.39, 0.29) is 0 Å². The van der Waals surface area contributed by atoms with E-state index in [0.717, 1.165) is 0 Å². The fourth-order valence-corrected chi connectivity index (χ4v) is 2.77. The van der Waals surface area contributed by atoms with E-state index in [2.05, 4.69) is 33.5 Å². The van der Waals surface area contributed by atoms with Gasteiger partial charge in [0.2, 0.25) is 0 Å². The Morgan fingerprint density at radius 1 is 1.50 bits per heavy atom. The maximum Gasteiger partial charge on any atom is 0.0440 e. The first-order chi connectivity index (χ1) is 4.88. The van der Waals surface area contributed by atoms with Crippen LogP contribution in [0, 0.1) is 0 Å². The van der Waals surface area contributed by atoms with Crippen LogP contribution in [0.5, 0.6) is 0 Å². The van der Waals surface area contributed by atoms with E-state index < -0.39 is 0 Å². The van der Waals surface area contributed by atoms with Crippen molar-refractivity contribution < 1.29 is 0 Å². The minimum atomic E-state index is 1.17.